The zero-order valence-electron chi connectivity index (χ0n) is 9.42. The minimum Gasteiger partial charge on any atom is -0.286 e. The first-order chi connectivity index (χ1) is 8.27. The number of carbonyl (C=O) groups excluding carboxylic acids is 1. The van der Waals surface area contributed by atoms with E-state index in [1.54, 1.807) is 30.3 Å². The molecule has 86 valence electrons. The highest BCUT2D eigenvalue weighted by molar-refractivity contribution is 5.88. The third kappa shape index (κ3) is 2.84. The Hall–Kier alpha value is -2.29. The zero-order chi connectivity index (χ0) is 12.1. The average Bonchev–Trinajstić information content (AvgIpc) is 2.38. The van der Waals surface area contributed by atoms with Gasteiger partial charge in [0.2, 0.25) is 0 Å². The van der Waals surface area contributed by atoms with Gasteiger partial charge in [0, 0.05) is 0 Å². The summed E-state index contributed by atoms with van der Waals surface area (Å²) in [6.45, 7) is 1.88. The molecule has 0 amide bonds. The Bertz CT molecular complexity index is 506. The van der Waals surface area contributed by atoms with Gasteiger partial charge in [0.15, 0.2) is 5.75 Å². The Morgan fingerprint density at radius 1 is 0.941 bits per heavy atom. The van der Waals surface area contributed by atoms with Crippen molar-refractivity contribution in [2.45, 2.75) is 6.92 Å². The maximum absolute atomic E-state index is 11.6. The van der Waals surface area contributed by atoms with Crippen LogP contribution in [0.25, 0.3) is 0 Å². The molecule has 17 heavy (non-hydrogen) atoms. The zero-order valence-corrected chi connectivity index (χ0v) is 9.42. The molecular weight excluding hydrogens is 216 g/mol. The highest BCUT2D eigenvalue weighted by atomic mass is 17.2. The minimum absolute atomic E-state index is 0.459. The van der Waals surface area contributed by atoms with Crippen LogP contribution in [0.1, 0.15) is 15.9 Å². The molecular formula is C14H12O3. The smallest absolute Gasteiger partial charge is 0.286 e. The van der Waals surface area contributed by atoms with Gasteiger partial charge in [-0.05, 0) is 30.7 Å². The van der Waals surface area contributed by atoms with E-state index >= 15 is 0 Å². The van der Waals surface area contributed by atoms with E-state index in [1.807, 2.05) is 31.2 Å². The number of aryl methyl sites for hydroxylation is 1. The van der Waals surface area contributed by atoms with E-state index in [2.05, 4.69) is 0 Å². The second-order valence-electron chi connectivity index (χ2n) is 3.59. The number of para-hydroxylation sites is 1. The fraction of sp³-hybridized carbons (Fsp3) is 0.0714. The topological polar surface area (TPSA) is 35.5 Å². The van der Waals surface area contributed by atoms with Crippen LogP contribution in [0.4, 0.5) is 0 Å². The number of hydrogen-bond donors (Lipinski definition) is 0. The van der Waals surface area contributed by atoms with Crippen molar-refractivity contribution in [1.82, 2.24) is 0 Å². The normalized spacial score (nSPS) is 9.71. The van der Waals surface area contributed by atoms with Gasteiger partial charge in [-0.25, -0.2) is 9.68 Å². The summed E-state index contributed by atoms with van der Waals surface area (Å²) in [6.07, 6.45) is 0. The van der Waals surface area contributed by atoms with Crippen molar-refractivity contribution < 1.29 is 14.6 Å². The van der Waals surface area contributed by atoms with Gasteiger partial charge in [-0.2, -0.15) is 0 Å². The first-order valence-corrected chi connectivity index (χ1v) is 5.27. The molecule has 2 rings (SSSR count). The number of carbonyl (C=O) groups is 1. The first-order valence-electron chi connectivity index (χ1n) is 5.27. The molecule has 0 aliphatic carbocycles. The lowest BCUT2D eigenvalue weighted by Gasteiger charge is -2.06. The Morgan fingerprint density at radius 3 is 2.29 bits per heavy atom. The fourth-order valence-corrected chi connectivity index (χ4v) is 1.36. The predicted octanol–water partition coefficient (Wildman–Crippen LogP) is 3.15. The summed E-state index contributed by atoms with van der Waals surface area (Å²) in [5.74, 6) is 0.0330. The van der Waals surface area contributed by atoms with Gasteiger partial charge in [0.25, 0.3) is 0 Å². The monoisotopic (exact) mass is 228 g/mol. The van der Waals surface area contributed by atoms with Crippen molar-refractivity contribution in [1.29, 1.82) is 0 Å². The quantitative estimate of drug-likeness (QED) is 0.598. The summed E-state index contributed by atoms with van der Waals surface area (Å²) in [6, 6.07) is 16.0. The third-order valence-electron chi connectivity index (χ3n) is 2.31. The molecule has 0 spiro atoms. The second-order valence-corrected chi connectivity index (χ2v) is 3.59. The van der Waals surface area contributed by atoms with E-state index in [0.29, 0.717) is 11.3 Å². The Morgan fingerprint density at radius 2 is 1.59 bits per heavy atom. The molecule has 0 fully saturated rings. The number of hydrogen-bond acceptors (Lipinski definition) is 3. The van der Waals surface area contributed by atoms with E-state index in [1.165, 1.54) is 0 Å². The maximum atomic E-state index is 11.6. The van der Waals surface area contributed by atoms with Gasteiger partial charge >= 0.3 is 5.97 Å². The molecule has 0 atom stereocenters. The van der Waals surface area contributed by atoms with Crippen LogP contribution < -0.4 is 4.89 Å². The summed E-state index contributed by atoms with van der Waals surface area (Å²) >= 11 is 0. The lowest BCUT2D eigenvalue weighted by Crippen LogP contribution is -2.08. The van der Waals surface area contributed by atoms with E-state index in [-0.39, 0.29) is 0 Å². The van der Waals surface area contributed by atoms with Crippen molar-refractivity contribution >= 4 is 5.97 Å². The molecule has 0 saturated heterocycles. The Labute approximate surface area is 99.5 Å². The largest absolute Gasteiger partial charge is 0.386 e. The van der Waals surface area contributed by atoms with Crippen LogP contribution in [0.3, 0.4) is 0 Å². The van der Waals surface area contributed by atoms with Crippen LogP contribution in [0.5, 0.6) is 5.75 Å². The molecule has 0 aliphatic rings. The van der Waals surface area contributed by atoms with Crippen molar-refractivity contribution in [3.05, 3.63) is 65.7 Å². The molecule has 0 bridgehead atoms. The second kappa shape index (κ2) is 5.16. The van der Waals surface area contributed by atoms with E-state index in [9.17, 15) is 4.79 Å². The standard InChI is InChI=1S/C14H12O3/c1-11-7-5-6-10-13(11)16-17-14(15)12-8-3-2-4-9-12/h2-10H,1H3. The van der Waals surface area contributed by atoms with Gasteiger partial charge < -0.3 is 0 Å². The van der Waals surface area contributed by atoms with Gasteiger partial charge in [0.05, 0.1) is 5.56 Å². The van der Waals surface area contributed by atoms with E-state index in [0.717, 1.165) is 5.56 Å². The van der Waals surface area contributed by atoms with Gasteiger partial charge in [-0.15, -0.1) is 0 Å². The summed E-state index contributed by atoms with van der Waals surface area (Å²) in [7, 11) is 0. The van der Waals surface area contributed by atoms with Crippen molar-refractivity contribution in [3.8, 4) is 5.75 Å². The lowest BCUT2D eigenvalue weighted by atomic mass is 10.2. The van der Waals surface area contributed by atoms with Gasteiger partial charge in [-0.3, -0.25) is 4.89 Å². The lowest BCUT2D eigenvalue weighted by molar-refractivity contribution is -0.150. The maximum Gasteiger partial charge on any atom is 0.386 e. The predicted molar refractivity (Wildman–Crippen MR) is 63.7 cm³/mol. The molecule has 0 heterocycles. The van der Waals surface area contributed by atoms with Crippen LogP contribution >= 0.6 is 0 Å². The Balaban J connectivity index is 2.00. The summed E-state index contributed by atoms with van der Waals surface area (Å²) in [4.78, 5) is 21.3. The average molecular weight is 228 g/mol. The minimum atomic E-state index is -0.506. The summed E-state index contributed by atoms with van der Waals surface area (Å²) < 4.78 is 0. The fourth-order valence-electron chi connectivity index (χ4n) is 1.36. The van der Waals surface area contributed by atoms with Crippen LogP contribution in [-0.2, 0) is 4.89 Å². The van der Waals surface area contributed by atoms with Crippen molar-refractivity contribution in [2.75, 3.05) is 0 Å². The number of rotatable bonds is 3. The van der Waals surface area contributed by atoms with Crippen molar-refractivity contribution in [2.24, 2.45) is 0 Å². The first kappa shape index (κ1) is 11.2. The van der Waals surface area contributed by atoms with Crippen LogP contribution in [-0.4, -0.2) is 5.97 Å². The SMILES string of the molecule is Cc1ccccc1OOC(=O)c1ccccc1. The molecule has 0 aliphatic heterocycles. The molecule has 2 aromatic rings. The third-order valence-corrected chi connectivity index (χ3v) is 2.31. The molecule has 3 nitrogen and oxygen atoms in total. The highest BCUT2D eigenvalue weighted by Gasteiger charge is 2.08. The number of benzene rings is 2. The summed E-state index contributed by atoms with van der Waals surface area (Å²) in [5.41, 5.74) is 1.37. The van der Waals surface area contributed by atoms with Gasteiger partial charge in [0.1, 0.15) is 0 Å². The van der Waals surface area contributed by atoms with Crippen LogP contribution in [0.2, 0.25) is 0 Å². The molecule has 0 N–H and O–H groups in total. The van der Waals surface area contributed by atoms with E-state index < -0.39 is 5.97 Å². The molecule has 0 saturated carbocycles. The van der Waals surface area contributed by atoms with E-state index in [4.69, 9.17) is 9.78 Å². The van der Waals surface area contributed by atoms with Gasteiger partial charge in [-0.1, -0.05) is 36.4 Å². The van der Waals surface area contributed by atoms with Crippen LogP contribution in [0.15, 0.2) is 54.6 Å². The highest BCUT2D eigenvalue weighted by Crippen LogP contribution is 2.16. The molecule has 2 aromatic carbocycles. The molecule has 0 aromatic heterocycles. The molecule has 0 unspecified atom stereocenters. The van der Waals surface area contributed by atoms with Crippen LogP contribution in [0, 0.1) is 6.92 Å². The van der Waals surface area contributed by atoms with Crippen molar-refractivity contribution in [3.63, 3.8) is 0 Å². The molecule has 3 heteroatoms. The summed E-state index contributed by atoms with van der Waals surface area (Å²) in [5, 5.41) is 0. The Kier molecular flexibility index (Phi) is 3.40. The molecule has 0 radical (unpaired) electrons.